The van der Waals surface area contributed by atoms with E-state index in [0.29, 0.717) is 25.7 Å². The smallest absolute Gasteiger partial charge is 0.462 e. The lowest BCUT2D eigenvalue weighted by molar-refractivity contribution is -0.161. The average molecular weight is 1370 g/mol. The van der Waals surface area contributed by atoms with E-state index >= 15 is 0 Å². The number of rotatable bonds is 71. The largest absolute Gasteiger partial charge is 0.472 e. The van der Waals surface area contributed by atoms with Crippen LogP contribution < -0.4 is 0 Å². The number of hydrogen-bond donors (Lipinski definition) is 3. The molecule has 0 rings (SSSR count). The van der Waals surface area contributed by atoms with Crippen molar-refractivity contribution >= 4 is 39.5 Å². The van der Waals surface area contributed by atoms with Crippen molar-refractivity contribution < 1.29 is 80.2 Å². The molecule has 7 atom stereocenters. The number of hydrogen-bond acceptors (Lipinski definition) is 15. The van der Waals surface area contributed by atoms with E-state index in [4.69, 9.17) is 37.0 Å². The molecular weight excluding hydrogens is 1220 g/mol. The first-order valence-electron chi connectivity index (χ1n) is 38.3. The SMILES string of the molecule is CCC(C)CCCCCCCCCCC(=O)OC[C@H](COP(=O)(O)OC[C@@H](O)COP(=O)(O)OC[C@@H](COC(=O)CCCCCCCCC(C)CC)OC(=O)CCCCCCCCCCCCCCCCCC(C)C)OC(=O)CCCCCCCCCCCCC(C)C. The number of esters is 4. The number of aliphatic hydroxyl groups excluding tert-OH is 1. The number of aliphatic hydroxyl groups is 1. The summed E-state index contributed by atoms with van der Waals surface area (Å²) in [7, 11) is -9.91. The topological polar surface area (TPSA) is 237 Å². The van der Waals surface area contributed by atoms with Crippen LogP contribution in [0, 0.1) is 23.7 Å². The minimum Gasteiger partial charge on any atom is -0.462 e. The van der Waals surface area contributed by atoms with Crippen LogP contribution in [0.5, 0.6) is 0 Å². The number of unbranched alkanes of at least 4 members (excludes halogenated alkanes) is 35. The van der Waals surface area contributed by atoms with Crippen LogP contribution in [-0.4, -0.2) is 96.7 Å². The number of carbonyl (C=O) groups is 4. The first kappa shape index (κ1) is 91.1. The highest BCUT2D eigenvalue weighted by Crippen LogP contribution is 2.45. The van der Waals surface area contributed by atoms with Gasteiger partial charge in [-0.05, 0) is 49.4 Å². The van der Waals surface area contributed by atoms with Crippen LogP contribution in [0.4, 0.5) is 0 Å². The van der Waals surface area contributed by atoms with Gasteiger partial charge in [-0.25, -0.2) is 9.13 Å². The molecule has 0 aliphatic heterocycles. The Morgan fingerprint density at radius 2 is 0.516 bits per heavy atom. The Balaban J connectivity index is 5.24. The zero-order valence-corrected chi connectivity index (χ0v) is 62.7. The number of ether oxygens (including phenoxy) is 4. The predicted molar refractivity (Wildman–Crippen MR) is 377 cm³/mol. The first-order chi connectivity index (χ1) is 44.7. The molecule has 0 saturated carbocycles. The molecule has 0 aromatic carbocycles. The molecule has 0 heterocycles. The van der Waals surface area contributed by atoms with Gasteiger partial charge < -0.3 is 33.8 Å². The summed E-state index contributed by atoms with van der Waals surface area (Å²) in [6.45, 7) is 14.2. The van der Waals surface area contributed by atoms with Crippen LogP contribution in [0.25, 0.3) is 0 Å². The summed E-state index contributed by atoms with van der Waals surface area (Å²) in [5.74, 6) is 0.938. The van der Waals surface area contributed by atoms with E-state index in [1.807, 2.05) is 0 Å². The van der Waals surface area contributed by atoms with Gasteiger partial charge in [0.05, 0.1) is 26.4 Å². The normalized spacial score (nSPS) is 14.8. The molecule has 552 valence electrons. The van der Waals surface area contributed by atoms with Crippen molar-refractivity contribution in [3.05, 3.63) is 0 Å². The van der Waals surface area contributed by atoms with Crippen molar-refractivity contribution in [1.82, 2.24) is 0 Å². The Bertz CT molecular complexity index is 1840. The lowest BCUT2D eigenvalue weighted by Crippen LogP contribution is -2.30. The summed E-state index contributed by atoms with van der Waals surface area (Å²) in [4.78, 5) is 72.7. The molecule has 93 heavy (non-hydrogen) atoms. The highest BCUT2D eigenvalue weighted by atomic mass is 31.2. The molecule has 0 aromatic rings. The number of phosphoric ester groups is 2. The molecular formula is C74H144O17P2. The van der Waals surface area contributed by atoms with Crippen LogP contribution in [-0.2, 0) is 65.4 Å². The molecule has 0 saturated heterocycles. The van der Waals surface area contributed by atoms with Crippen molar-refractivity contribution in [3.8, 4) is 0 Å². The highest BCUT2D eigenvalue weighted by molar-refractivity contribution is 7.47. The molecule has 0 bridgehead atoms. The van der Waals surface area contributed by atoms with E-state index in [9.17, 15) is 43.2 Å². The fourth-order valence-corrected chi connectivity index (χ4v) is 12.7. The minimum atomic E-state index is -4.96. The summed E-state index contributed by atoms with van der Waals surface area (Å²) < 4.78 is 68.4. The van der Waals surface area contributed by atoms with E-state index in [1.165, 1.54) is 167 Å². The Morgan fingerprint density at radius 3 is 0.763 bits per heavy atom. The molecule has 0 aliphatic carbocycles. The van der Waals surface area contributed by atoms with Crippen molar-refractivity contribution in [2.75, 3.05) is 39.6 Å². The monoisotopic (exact) mass is 1370 g/mol. The second-order valence-electron chi connectivity index (χ2n) is 28.1. The molecule has 0 spiro atoms. The van der Waals surface area contributed by atoms with Crippen LogP contribution in [0.15, 0.2) is 0 Å². The second-order valence-corrected chi connectivity index (χ2v) is 31.0. The summed E-state index contributed by atoms with van der Waals surface area (Å²) in [5.41, 5.74) is 0. The maximum Gasteiger partial charge on any atom is 0.472 e. The van der Waals surface area contributed by atoms with Gasteiger partial charge in [0.25, 0.3) is 0 Å². The lowest BCUT2D eigenvalue weighted by Gasteiger charge is -2.21. The zero-order chi connectivity index (χ0) is 68.9. The molecule has 19 heteroatoms. The number of phosphoric acid groups is 2. The van der Waals surface area contributed by atoms with Gasteiger partial charge in [0.2, 0.25) is 0 Å². The third-order valence-corrected chi connectivity index (χ3v) is 19.7. The Hall–Kier alpha value is -1.94. The number of carbonyl (C=O) groups excluding carboxylic acids is 4. The quantitative estimate of drug-likeness (QED) is 0.0222. The maximum absolute atomic E-state index is 13.1. The standard InChI is InChI=1S/C74H144O17P2/c1-9-66(7)52-44-36-28-24-25-29-38-46-54-71(76)84-60-69(90-74(79)57-49-41-31-23-19-18-21-27-35-43-51-65(5)6)62-88-92(80,81)86-58-68(75)59-87-93(82,83)89-63-70(61-85-72(77)55-47-39-33-32-37-45-53-67(8)10-2)91-73(78)56-48-40-30-22-17-15-13-11-12-14-16-20-26-34-42-50-64(3)4/h64-70,75H,9-63H2,1-8H3,(H,80,81)(H,82,83)/t66?,67?,68-,69-,70-/m1/s1. The lowest BCUT2D eigenvalue weighted by atomic mass is 9.99. The third kappa shape index (κ3) is 65.8. The molecule has 4 unspecified atom stereocenters. The van der Waals surface area contributed by atoms with Crippen LogP contribution in [0.1, 0.15) is 370 Å². The van der Waals surface area contributed by atoms with Gasteiger partial charge in [-0.15, -0.1) is 0 Å². The van der Waals surface area contributed by atoms with Gasteiger partial charge in [-0.2, -0.15) is 0 Å². The summed E-state index contributed by atoms with van der Waals surface area (Å²) in [5, 5.41) is 10.6. The molecule has 0 aromatic heterocycles. The van der Waals surface area contributed by atoms with E-state index in [1.54, 1.807) is 0 Å². The molecule has 17 nitrogen and oxygen atoms in total. The van der Waals surface area contributed by atoms with E-state index in [-0.39, 0.29) is 25.7 Å². The van der Waals surface area contributed by atoms with Gasteiger partial charge in [0.15, 0.2) is 12.2 Å². The van der Waals surface area contributed by atoms with E-state index in [2.05, 4.69) is 55.4 Å². The fraction of sp³-hybridized carbons (Fsp3) is 0.946. The minimum absolute atomic E-state index is 0.105. The zero-order valence-electron chi connectivity index (χ0n) is 60.9. The molecule has 0 aliphatic rings. The third-order valence-electron chi connectivity index (χ3n) is 17.8. The van der Waals surface area contributed by atoms with Crippen molar-refractivity contribution in [2.24, 2.45) is 23.7 Å². The summed E-state index contributed by atoms with van der Waals surface area (Å²) in [6.07, 6.45) is 47.2. The second kappa shape index (κ2) is 63.5. The molecule has 0 radical (unpaired) electrons. The molecule has 0 fully saturated rings. The Morgan fingerprint density at radius 1 is 0.301 bits per heavy atom. The van der Waals surface area contributed by atoms with Gasteiger partial charge in [-0.1, -0.05) is 319 Å². The fourth-order valence-electron chi connectivity index (χ4n) is 11.1. The van der Waals surface area contributed by atoms with Crippen molar-refractivity contribution in [1.29, 1.82) is 0 Å². The van der Waals surface area contributed by atoms with Gasteiger partial charge in [-0.3, -0.25) is 37.3 Å². The van der Waals surface area contributed by atoms with Gasteiger partial charge in [0.1, 0.15) is 19.3 Å². The molecule has 3 N–H and O–H groups in total. The Kier molecular flexibility index (Phi) is 62.2. The first-order valence-corrected chi connectivity index (χ1v) is 41.3. The average Bonchev–Trinajstić information content (AvgIpc) is 3.65. The summed E-state index contributed by atoms with van der Waals surface area (Å²) in [6, 6.07) is 0. The molecule has 0 amide bonds. The summed E-state index contributed by atoms with van der Waals surface area (Å²) >= 11 is 0. The van der Waals surface area contributed by atoms with Crippen LogP contribution in [0.3, 0.4) is 0 Å². The van der Waals surface area contributed by atoms with E-state index < -0.39 is 97.5 Å². The highest BCUT2D eigenvalue weighted by Gasteiger charge is 2.30. The van der Waals surface area contributed by atoms with Crippen molar-refractivity contribution in [3.63, 3.8) is 0 Å². The predicted octanol–water partition coefficient (Wildman–Crippen LogP) is 21.3. The van der Waals surface area contributed by atoms with Crippen LogP contribution >= 0.6 is 15.6 Å². The van der Waals surface area contributed by atoms with E-state index in [0.717, 1.165) is 120 Å². The van der Waals surface area contributed by atoms with Gasteiger partial charge in [0, 0.05) is 25.7 Å². The Labute approximate surface area is 568 Å². The van der Waals surface area contributed by atoms with Crippen LogP contribution in [0.2, 0.25) is 0 Å². The maximum atomic E-state index is 13.1. The van der Waals surface area contributed by atoms with Crippen molar-refractivity contribution in [2.45, 2.75) is 388 Å². The van der Waals surface area contributed by atoms with Gasteiger partial charge >= 0.3 is 39.5 Å².